The molecule has 0 aliphatic rings. The second-order valence-corrected chi connectivity index (χ2v) is 6.54. The first-order chi connectivity index (χ1) is 12.6. The number of hydrogen-bond acceptors (Lipinski definition) is 8. The van der Waals surface area contributed by atoms with E-state index in [0.29, 0.717) is 23.0 Å². The summed E-state index contributed by atoms with van der Waals surface area (Å²) >= 11 is 11.7. The van der Waals surface area contributed by atoms with Crippen molar-refractivity contribution in [2.24, 2.45) is 0 Å². The number of hydrogen-bond donors (Lipinski definition) is 4. The molecule has 10 heteroatoms. The number of rotatable bonds is 11. The van der Waals surface area contributed by atoms with Gasteiger partial charge in [-0.25, -0.2) is 19.9 Å². The van der Waals surface area contributed by atoms with E-state index in [1.54, 1.807) is 0 Å². The zero-order chi connectivity index (χ0) is 18.8. The topological polar surface area (TPSA) is 128 Å². The van der Waals surface area contributed by atoms with Crippen LogP contribution in [0.15, 0.2) is 12.7 Å². The highest BCUT2D eigenvalue weighted by Gasteiger charge is 2.05. The smallest absolute Gasteiger partial charge is 0.157 e. The minimum Gasteiger partial charge on any atom is -0.393 e. The summed E-state index contributed by atoms with van der Waals surface area (Å²) in [6, 6.07) is 0. The first-order valence-electron chi connectivity index (χ1n) is 8.59. The maximum atomic E-state index is 5.85. The third-order valence-corrected chi connectivity index (χ3v) is 4.46. The Kier molecular flexibility index (Phi) is 8.43. The van der Waals surface area contributed by atoms with Gasteiger partial charge in [-0.15, -0.1) is 0 Å². The molecule has 2 aromatic rings. The molecule has 0 bridgehead atoms. The lowest BCUT2D eigenvalue weighted by Crippen LogP contribution is -2.07. The van der Waals surface area contributed by atoms with Crippen LogP contribution in [0.4, 0.5) is 23.0 Å². The average molecular weight is 399 g/mol. The van der Waals surface area contributed by atoms with Crippen LogP contribution < -0.4 is 22.1 Å². The van der Waals surface area contributed by atoms with Crippen LogP contribution in [0.3, 0.4) is 0 Å². The second-order valence-electron chi connectivity index (χ2n) is 5.83. The molecule has 0 unspecified atom stereocenters. The fraction of sp³-hybridized carbons (Fsp3) is 0.500. The molecule has 0 aliphatic carbocycles. The molecule has 6 N–H and O–H groups in total. The van der Waals surface area contributed by atoms with Gasteiger partial charge in [0, 0.05) is 13.1 Å². The molecule has 2 heterocycles. The fourth-order valence-electron chi connectivity index (χ4n) is 2.40. The monoisotopic (exact) mass is 398 g/mol. The molecule has 0 amide bonds. The van der Waals surface area contributed by atoms with Crippen molar-refractivity contribution in [1.82, 2.24) is 19.9 Å². The van der Waals surface area contributed by atoms with Crippen molar-refractivity contribution < 1.29 is 0 Å². The van der Waals surface area contributed by atoms with Crippen LogP contribution >= 0.6 is 23.2 Å². The average Bonchev–Trinajstić information content (AvgIpc) is 2.63. The standard InChI is InChI=1S/C16H24Cl2N8/c17-13-11(19)15(25-9-23-13)21-7-5-3-1-2-4-6-8-22-16-12(20)14(18)24-10-26-16/h9-10H,1-8,19-20H2,(H,21,23,25)(H,22,24,26). The fourth-order valence-corrected chi connectivity index (χ4v) is 2.67. The van der Waals surface area contributed by atoms with Gasteiger partial charge in [-0.2, -0.15) is 0 Å². The number of halogens is 2. The van der Waals surface area contributed by atoms with Crippen molar-refractivity contribution >= 4 is 46.2 Å². The molecule has 142 valence electrons. The highest BCUT2D eigenvalue weighted by atomic mass is 35.5. The molecular formula is C16H24Cl2N8. The lowest BCUT2D eigenvalue weighted by atomic mass is 10.1. The minimum absolute atomic E-state index is 0.280. The van der Waals surface area contributed by atoms with E-state index < -0.39 is 0 Å². The minimum atomic E-state index is 0.280. The highest BCUT2D eigenvalue weighted by molar-refractivity contribution is 6.32. The third-order valence-electron chi connectivity index (χ3n) is 3.86. The van der Waals surface area contributed by atoms with Crippen molar-refractivity contribution in [3.8, 4) is 0 Å². The molecule has 0 aromatic carbocycles. The van der Waals surface area contributed by atoms with Gasteiger partial charge in [0.25, 0.3) is 0 Å². The van der Waals surface area contributed by atoms with Gasteiger partial charge in [0.05, 0.1) is 0 Å². The molecule has 0 spiro atoms. The van der Waals surface area contributed by atoms with E-state index in [9.17, 15) is 0 Å². The van der Waals surface area contributed by atoms with Crippen molar-refractivity contribution in [2.75, 3.05) is 35.2 Å². The summed E-state index contributed by atoms with van der Waals surface area (Å²) in [7, 11) is 0. The maximum absolute atomic E-state index is 5.85. The molecule has 26 heavy (non-hydrogen) atoms. The highest BCUT2D eigenvalue weighted by Crippen LogP contribution is 2.22. The van der Waals surface area contributed by atoms with Crippen molar-refractivity contribution in [3.63, 3.8) is 0 Å². The number of anilines is 4. The van der Waals surface area contributed by atoms with E-state index in [1.807, 2.05) is 0 Å². The Morgan fingerprint density at radius 3 is 1.46 bits per heavy atom. The first kappa shape index (κ1) is 20.3. The van der Waals surface area contributed by atoms with E-state index in [1.165, 1.54) is 25.5 Å². The van der Waals surface area contributed by atoms with E-state index >= 15 is 0 Å². The summed E-state index contributed by atoms with van der Waals surface area (Å²) in [6.45, 7) is 1.62. The Morgan fingerprint density at radius 2 is 1.04 bits per heavy atom. The van der Waals surface area contributed by atoms with Gasteiger partial charge in [0.1, 0.15) is 24.0 Å². The number of nitrogen functional groups attached to an aromatic ring is 2. The number of nitrogens with one attached hydrogen (secondary N) is 2. The Hall–Kier alpha value is -2.06. The van der Waals surface area contributed by atoms with Gasteiger partial charge in [0.15, 0.2) is 21.9 Å². The van der Waals surface area contributed by atoms with Gasteiger partial charge in [-0.3, -0.25) is 0 Å². The predicted octanol–water partition coefficient (Wildman–Crippen LogP) is 3.60. The largest absolute Gasteiger partial charge is 0.393 e. The molecule has 0 radical (unpaired) electrons. The molecule has 2 rings (SSSR count). The lowest BCUT2D eigenvalue weighted by Gasteiger charge is -2.09. The molecule has 0 aliphatic heterocycles. The molecule has 0 saturated carbocycles. The van der Waals surface area contributed by atoms with Gasteiger partial charge in [-0.05, 0) is 12.8 Å². The molecule has 0 atom stereocenters. The Balaban J connectivity index is 1.48. The van der Waals surface area contributed by atoms with Crippen LogP contribution in [0.5, 0.6) is 0 Å². The van der Waals surface area contributed by atoms with Gasteiger partial charge >= 0.3 is 0 Å². The maximum Gasteiger partial charge on any atom is 0.157 e. The SMILES string of the molecule is Nc1c(Cl)ncnc1NCCCCCCCCNc1ncnc(Cl)c1N. The molecule has 2 aromatic heterocycles. The quantitative estimate of drug-likeness (QED) is 0.333. The molecule has 0 saturated heterocycles. The van der Waals surface area contributed by atoms with E-state index in [-0.39, 0.29) is 10.3 Å². The number of unbranched alkanes of at least 4 members (excludes halogenated alkanes) is 5. The van der Waals surface area contributed by atoms with E-state index in [4.69, 9.17) is 34.7 Å². The molecule has 0 fully saturated rings. The van der Waals surface area contributed by atoms with Crippen molar-refractivity contribution in [2.45, 2.75) is 38.5 Å². The van der Waals surface area contributed by atoms with Gasteiger partial charge in [-0.1, -0.05) is 48.9 Å². The second kappa shape index (κ2) is 10.8. The summed E-state index contributed by atoms with van der Waals surface area (Å²) in [4.78, 5) is 15.8. The zero-order valence-corrected chi connectivity index (χ0v) is 16.0. The number of aromatic nitrogens is 4. The van der Waals surface area contributed by atoms with Crippen LogP contribution in [-0.4, -0.2) is 33.0 Å². The molecule has 8 nitrogen and oxygen atoms in total. The van der Waals surface area contributed by atoms with E-state index in [0.717, 1.165) is 38.8 Å². The van der Waals surface area contributed by atoms with Crippen LogP contribution in [-0.2, 0) is 0 Å². The van der Waals surface area contributed by atoms with Gasteiger partial charge in [0.2, 0.25) is 0 Å². The van der Waals surface area contributed by atoms with E-state index in [2.05, 4.69) is 30.6 Å². The summed E-state index contributed by atoms with van der Waals surface area (Å²) in [6.07, 6.45) is 9.56. The number of nitrogens with two attached hydrogens (primary N) is 2. The van der Waals surface area contributed by atoms with Crippen LogP contribution in [0, 0.1) is 0 Å². The summed E-state index contributed by atoms with van der Waals surface area (Å²) in [5, 5.41) is 6.93. The first-order valence-corrected chi connectivity index (χ1v) is 9.35. The van der Waals surface area contributed by atoms with Crippen LogP contribution in [0.1, 0.15) is 38.5 Å². The predicted molar refractivity (Wildman–Crippen MR) is 108 cm³/mol. The summed E-state index contributed by atoms with van der Waals surface area (Å²) < 4.78 is 0. The van der Waals surface area contributed by atoms with Crippen LogP contribution in [0.25, 0.3) is 0 Å². The summed E-state index contributed by atoms with van der Waals surface area (Å²) in [5.41, 5.74) is 12.4. The molecular weight excluding hydrogens is 375 g/mol. The Bertz CT molecular complexity index is 638. The van der Waals surface area contributed by atoms with Gasteiger partial charge < -0.3 is 22.1 Å². The van der Waals surface area contributed by atoms with Crippen molar-refractivity contribution in [3.05, 3.63) is 23.0 Å². The zero-order valence-electron chi connectivity index (χ0n) is 14.5. The number of nitrogens with zero attached hydrogens (tertiary/aromatic N) is 4. The normalized spacial score (nSPS) is 10.7. The third kappa shape index (κ3) is 6.34. The summed E-state index contributed by atoms with van der Waals surface area (Å²) in [5.74, 6) is 1.19. The Morgan fingerprint density at radius 1 is 0.654 bits per heavy atom. The van der Waals surface area contributed by atoms with Crippen molar-refractivity contribution in [1.29, 1.82) is 0 Å². The Labute approximate surface area is 163 Å². The lowest BCUT2D eigenvalue weighted by molar-refractivity contribution is 0.609. The van der Waals surface area contributed by atoms with Crippen LogP contribution in [0.2, 0.25) is 10.3 Å².